The number of amides is 3. The Bertz CT molecular complexity index is 694. The summed E-state index contributed by atoms with van der Waals surface area (Å²) < 4.78 is 27.4. The number of hydrogen-bond acceptors (Lipinski definition) is 3. The molecule has 1 aliphatic rings. The van der Waals surface area contributed by atoms with Gasteiger partial charge >= 0.3 is 6.03 Å². The van der Waals surface area contributed by atoms with Crippen molar-refractivity contribution in [2.45, 2.75) is 43.9 Å². The highest BCUT2D eigenvalue weighted by Gasteiger charge is 2.39. The lowest BCUT2D eigenvalue weighted by molar-refractivity contribution is -0.129. The fourth-order valence-electron chi connectivity index (χ4n) is 2.62. The van der Waals surface area contributed by atoms with Gasteiger partial charge in [0.05, 0.1) is 5.25 Å². The first-order valence-electron chi connectivity index (χ1n) is 8.44. The second-order valence-corrected chi connectivity index (χ2v) is 8.86. The molecule has 1 heterocycles. The van der Waals surface area contributed by atoms with Crippen LogP contribution in [-0.2, 0) is 4.79 Å². The van der Waals surface area contributed by atoms with E-state index in [4.69, 9.17) is 0 Å². The van der Waals surface area contributed by atoms with Crippen molar-refractivity contribution in [1.82, 2.24) is 15.1 Å². The molecule has 0 unspecified atom stereocenters. The molecule has 5 nitrogen and oxygen atoms in total. The summed E-state index contributed by atoms with van der Waals surface area (Å²) in [5.41, 5.74) is -0.0882. The molecule has 2 atom stereocenters. The Kier molecular flexibility index (Phi) is 6.16. The number of likely N-dealkylation sites (N-methyl/N-ethyl adjacent to an activating group) is 1. The van der Waals surface area contributed by atoms with Gasteiger partial charge in [0.25, 0.3) is 0 Å². The number of nitrogens with one attached hydrogen (secondary N) is 1. The van der Waals surface area contributed by atoms with Crippen LogP contribution in [0.2, 0.25) is 0 Å². The third kappa shape index (κ3) is 4.87. The first-order valence-corrected chi connectivity index (χ1v) is 9.38. The number of hydrogen-bond donors (Lipinski definition) is 1. The van der Waals surface area contributed by atoms with Crippen molar-refractivity contribution < 1.29 is 18.4 Å². The second-order valence-electron chi connectivity index (χ2n) is 7.43. The predicted molar refractivity (Wildman–Crippen MR) is 98.8 cm³/mol. The summed E-state index contributed by atoms with van der Waals surface area (Å²) in [6.07, 6.45) is 0. The molecule has 1 N–H and O–H groups in total. The van der Waals surface area contributed by atoms with E-state index in [1.54, 1.807) is 18.9 Å². The van der Waals surface area contributed by atoms with Crippen molar-refractivity contribution in [1.29, 1.82) is 0 Å². The van der Waals surface area contributed by atoms with E-state index >= 15 is 0 Å². The van der Waals surface area contributed by atoms with Crippen LogP contribution in [0.1, 0.15) is 38.6 Å². The molecule has 0 radical (unpaired) electrons. The molecule has 0 spiro atoms. The van der Waals surface area contributed by atoms with Crippen molar-refractivity contribution in [3.05, 3.63) is 35.4 Å². The molecule has 1 aromatic carbocycles. The largest absolute Gasteiger partial charge is 0.333 e. The normalized spacial score (nSPS) is 20.4. The van der Waals surface area contributed by atoms with Crippen molar-refractivity contribution in [3.8, 4) is 0 Å². The lowest BCUT2D eigenvalue weighted by Gasteiger charge is -2.29. The lowest BCUT2D eigenvalue weighted by Crippen LogP contribution is -2.49. The number of rotatable bonds is 4. The van der Waals surface area contributed by atoms with Gasteiger partial charge in [0, 0.05) is 37.3 Å². The highest BCUT2D eigenvalue weighted by atomic mass is 32.2. The molecule has 0 saturated carbocycles. The van der Waals surface area contributed by atoms with E-state index in [1.165, 1.54) is 28.8 Å². The molecule has 2 rings (SSSR count). The van der Waals surface area contributed by atoms with Crippen molar-refractivity contribution in [3.63, 3.8) is 0 Å². The van der Waals surface area contributed by atoms with Crippen LogP contribution in [0.25, 0.3) is 0 Å². The summed E-state index contributed by atoms with van der Waals surface area (Å²) in [6.45, 7) is 7.99. The molecule has 0 aliphatic carbocycles. The summed E-state index contributed by atoms with van der Waals surface area (Å²) in [7, 11) is 1.64. The monoisotopic (exact) mass is 385 g/mol. The third-order valence-electron chi connectivity index (χ3n) is 3.98. The standard InChI is InChI=1S/C18H25F2N3O2S/c1-11-15(24)23(9-8-22(5)17(25)21-18(2,3)4)16(26-11)13-7-6-12(19)10-14(13)20/h6-7,10-11,16H,8-9H2,1-5H3,(H,21,25)/t11-,16-/m1/s1. The summed E-state index contributed by atoms with van der Waals surface area (Å²) in [4.78, 5) is 27.7. The molecule has 1 aromatic rings. The zero-order chi connectivity index (χ0) is 19.6. The van der Waals surface area contributed by atoms with Gasteiger partial charge in [-0.05, 0) is 33.8 Å². The van der Waals surface area contributed by atoms with E-state index in [9.17, 15) is 18.4 Å². The molecule has 8 heteroatoms. The van der Waals surface area contributed by atoms with Crippen LogP contribution in [0.3, 0.4) is 0 Å². The van der Waals surface area contributed by atoms with Crippen LogP contribution in [-0.4, -0.2) is 52.7 Å². The number of halogens is 2. The summed E-state index contributed by atoms with van der Waals surface area (Å²) in [6, 6.07) is 3.14. The van der Waals surface area contributed by atoms with Crippen LogP contribution in [0, 0.1) is 11.6 Å². The van der Waals surface area contributed by atoms with Gasteiger partial charge in [-0.15, -0.1) is 11.8 Å². The van der Waals surface area contributed by atoms with Gasteiger partial charge in [-0.3, -0.25) is 4.79 Å². The van der Waals surface area contributed by atoms with E-state index < -0.39 is 17.0 Å². The minimum absolute atomic E-state index is 0.117. The Labute approximate surface area is 157 Å². The Hall–Kier alpha value is -1.83. The van der Waals surface area contributed by atoms with Gasteiger partial charge in [-0.1, -0.05) is 6.07 Å². The Morgan fingerprint density at radius 3 is 2.58 bits per heavy atom. The van der Waals surface area contributed by atoms with Gasteiger partial charge in [-0.25, -0.2) is 13.6 Å². The molecule has 1 fully saturated rings. The fraction of sp³-hybridized carbons (Fsp3) is 0.556. The van der Waals surface area contributed by atoms with Crippen LogP contribution in [0.15, 0.2) is 18.2 Å². The van der Waals surface area contributed by atoms with Crippen LogP contribution in [0.4, 0.5) is 13.6 Å². The van der Waals surface area contributed by atoms with Crippen molar-refractivity contribution in [2.24, 2.45) is 0 Å². The summed E-state index contributed by atoms with van der Waals surface area (Å²) in [5.74, 6) is -1.44. The number of urea groups is 1. The fourth-order valence-corrected chi connectivity index (χ4v) is 3.95. The quantitative estimate of drug-likeness (QED) is 0.865. The van der Waals surface area contributed by atoms with Crippen LogP contribution < -0.4 is 5.32 Å². The lowest BCUT2D eigenvalue weighted by atomic mass is 10.1. The highest BCUT2D eigenvalue weighted by molar-refractivity contribution is 8.01. The van der Waals surface area contributed by atoms with Gasteiger partial charge in [-0.2, -0.15) is 0 Å². The molecule has 1 aliphatic heterocycles. The number of thioether (sulfide) groups is 1. The summed E-state index contributed by atoms with van der Waals surface area (Å²) >= 11 is 1.32. The minimum atomic E-state index is -0.673. The van der Waals surface area contributed by atoms with Crippen LogP contribution >= 0.6 is 11.8 Å². The van der Waals surface area contributed by atoms with Gasteiger partial charge < -0.3 is 15.1 Å². The number of benzene rings is 1. The maximum atomic E-state index is 14.2. The third-order valence-corrected chi connectivity index (χ3v) is 5.36. The van der Waals surface area contributed by atoms with Gasteiger partial charge in [0.2, 0.25) is 5.91 Å². The Morgan fingerprint density at radius 1 is 1.35 bits per heavy atom. The molecule has 0 bridgehead atoms. The zero-order valence-corrected chi connectivity index (χ0v) is 16.5. The highest BCUT2D eigenvalue weighted by Crippen LogP contribution is 2.43. The first kappa shape index (κ1) is 20.5. The number of nitrogens with zero attached hydrogens (tertiary/aromatic N) is 2. The summed E-state index contributed by atoms with van der Waals surface area (Å²) in [5, 5.41) is 2.00. The average Bonchev–Trinajstić information content (AvgIpc) is 2.78. The Morgan fingerprint density at radius 2 is 2.00 bits per heavy atom. The smallest absolute Gasteiger partial charge is 0.317 e. The molecule has 1 saturated heterocycles. The first-order chi connectivity index (χ1) is 12.0. The van der Waals surface area contributed by atoms with E-state index in [1.807, 2.05) is 20.8 Å². The maximum absolute atomic E-state index is 14.2. The predicted octanol–water partition coefficient (Wildman–Crippen LogP) is 3.37. The van der Waals surface area contributed by atoms with E-state index in [2.05, 4.69) is 5.32 Å². The molecule has 0 aromatic heterocycles. The number of carbonyl (C=O) groups excluding carboxylic acids is 2. The number of carbonyl (C=O) groups is 2. The van der Waals surface area contributed by atoms with E-state index in [0.29, 0.717) is 6.54 Å². The van der Waals surface area contributed by atoms with Gasteiger partial charge in [0.15, 0.2) is 0 Å². The molecular formula is C18H25F2N3O2S. The van der Waals surface area contributed by atoms with Crippen molar-refractivity contribution in [2.75, 3.05) is 20.1 Å². The zero-order valence-electron chi connectivity index (χ0n) is 15.7. The SMILES string of the molecule is C[C@H]1S[C@H](c2ccc(F)cc2F)N(CCN(C)C(=O)NC(C)(C)C)C1=O. The second kappa shape index (κ2) is 7.82. The molecular weight excluding hydrogens is 360 g/mol. The van der Waals surface area contributed by atoms with E-state index in [0.717, 1.165) is 6.07 Å². The van der Waals surface area contributed by atoms with Crippen LogP contribution in [0.5, 0.6) is 0 Å². The molecule has 3 amide bonds. The molecule has 144 valence electrons. The molecule has 26 heavy (non-hydrogen) atoms. The van der Waals surface area contributed by atoms with Crippen molar-refractivity contribution >= 4 is 23.7 Å². The average molecular weight is 385 g/mol. The maximum Gasteiger partial charge on any atom is 0.317 e. The Balaban J connectivity index is 2.10. The van der Waals surface area contributed by atoms with E-state index in [-0.39, 0.29) is 34.8 Å². The topological polar surface area (TPSA) is 52.6 Å². The van der Waals surface area contributed by atoms with Gasteiger partial charge in [0.1, 0.15) is 17.0 Å². The minimum Gasteiger partial charge on any atom is -0.333 e.